The Labute approximate surface area is 740 Å². The second kappa shape index (κ2) is 42.4. The normalized spacial score (nSPS) is 15.5. The van der Waals surface area contributed by atoms with Gasteiger partial charge in [0.05, 0.1) is 86.0 Å². The lowest BCUT2D eigenvalue weighted by Gasteiger charge is -2.24. The lowest BCUT2D eigenvalue weighted by Crippen LogP contribution is -2.38. The second-order valence-corrected chi connectivity index (χ2v) is 39.0. The first-order valence-corrected chi connectivity index (χ1v) is 48.4. The van der Waals surface area contributed by atoms with Gasteiger partial charge in [0.2, 0.25) is 17.8 Å². The number of aromatic nitrogens is 11. The standard InChI is InChI=1S/C32H40FN7O3S.C29H36N8O3S2.C28H35N7O2S2/c1-5-39(6-2)28-18-22-19-34-32(36-24-12-10-23(11-13-24)35-25-14-15-38(3)20-25)37-30(22)40(31(28)41)21-26-27(33)8-7-9-29(26)44(42)17-16-43-4;1-18(2)42(39,40)27-25(41-17-32-27)16-37-26-20(14-24(28(37)38)19(3)36(4)5)15-31-29(35-26)34-22-8-6-21(7-9-22)33-23-10-12-30-13-11-23;1-4-18(5-2)23-13-19-14-30-28(33-21-10-8-20(9-11-21)32-22-7-6-12-29-15-22)34-25(19)35(26(23)36)16-24-27(39(3)37)38-17-31-24/h7-13,18-19,25,35H,5-6,14-17,20-21H2,1-4H3,(H,34,36,37);6-9,14-15,17-18,23,30,33H,3,10-13,16H2,1-2,4-5H3,(H,31,34,35);8-11,13-14,17-18,22,29,32H,4-7,12,15-16H2,1-3H3,(H,30,33,34). The van der Waals surface area contributed by atoms with Crippen molar-refractivity contribution >= 4 is 151 Å². The maximum atomic E-state index is 15.3. The van der Waals surface area contributed by atoms with E-state index in [1.54, 1.807) is 71.9 Å². The Morgan fingerprint density at radius 1 is 0.640 bits per heavy atom. The van der Waals surface area contributed by atoms with Crippen molar-refractivity contribution in [1.82, 2.24) is 74.0 Å². The van der Waals surface area contributed by atoms with Gasteiger partial charge in [-0.05, 0) is 215 Å². The molecule has 0 saturated carbocycles. The average Bonchev–Trinajstić information content (AvgIpc) is 1.35. The molecule has 4 aromatic carbocycles. The number of hydrogen-bond acceptors (Lipinski definition) is 29. The summed E-state index contributed by atoms with van der Waals surface area (Å²) < 4.78 is 77.1. The summed E-state index contributed by atoms with van der Waals surface area (Å²) in [6.07, 6.45) is 14.1. The first-order valence-electron chi connectivity index (χ1n) is 42.2. The fraction of sp³-hybridized carbons (Fsp3) is 0.404. The number of piperidine rings is 2. The van der Waals surface area contributed by atoms with Crippen LogP contribution in [-0.4, -0.2) is 203 Å². The Morgan fingerprint density at radius 3 is 1.70 bits per heavy atom. The molecule has 4 unspecified atom stereocenters. The van der Waals surface area contributed by atoms with E-state index < -0.39 is 42.5 Å². The SMILES string of the molecule is C=C(c1cc2cnc(Nc3ccc(NC4CCNCC4)cc3)nc2n(Cc2scnc2S(=O)(=O)C(C)C)c1=O)N(C)C.CCC(CC)c1cc2cnc(Nc3ccc(NC4CCCNC4)cc3)nc2n(Cc2ncsc2S(C)=O)c1=O.CCN(CC)c1cc2cnc(Nc3ccc(NC4CCN(C)C4)cc3)nc2n(Cc2c(F)cccc2S(=O)CCOC)c1=O. The zero-order valence-corrected chi connectivity index (χ0v) is 76.5. The Balaban J connectivity index is 0.000000161. The largest absolute Gasteiger partial charge is 0.384 e. The van der Waals surface area contributed by atoms with E-state index in [0.717, 1.165) is 123 Å². The molecule has 0 amide bonds. The molecular weight excluding hydrogens is 1680 g/mol. The van der Waals surface area contributed by atoms with E-state index in [0.29, 0.717) is 113 Å². The van der Waals surface area contributed by atoms with Crippen LogP contribution in [0.1, 0.15) is 120 Å². The van der Waals surface area contributed by atoms with E-state index >= 15 is 4.39 Å². The Morgan fingerprint density at radius 2 is 1.18 bits per heavy atom. The highest BCUT2D eigenvalue weighted by molar-refractivity contribution is 7.92. The minimum atomic E-state index is -3.65. The maximum Gasteiger partial charge on any atom is 0.276 e. The highest BCUT2D eigenvalue weighted by atomic mass is 32.2. The Hall–Kier alpha value is -10.8. The molecule has 3 fully saturated rings. The van der Waals surface area contributed by atoms with Crippen LogP contribution in [0, 0.1) is 5.82 Å². The van der Waals surface area contributed by atoms with Crippen molar-refractivity contribution < 1.29 is 26.0 Å². The van der Waals surface area contributed by atoms with Gasteiger partial charge < -0.3 is 62.0 Å². The number of fused-ring (bicyclic) bond motifs is 3. The van der Waals surface area contributed by atoms with Gasteiger partial charge in [0.15, 0.2) is 14.9 Å². The third-order valence-corrected chi connectivity index (χ3v) is 29.4. The molecule has 3 aliphatic heterocycles. The average molecular weight is 1800 g/mol. The molecule has 30 nitrogen and oxygen atoms in total. The topological polar surface area (TPSA) is 353 Å². The van der Waals surface area contributed by atoms with Gasteiger partial charge in [0.1, 0.15) is 32.7 Å². The third-order valence-electron chi connectivity index (χ3n) is 22.5. The van der Waals surface area contributed by atoms with Crippen molar-refractivity contribution in [2.45, 2.75) is 150 Å². The monoisotopic (exact) mass is 1790 g/mol. The van der Waals surface area contributed by atoms with Crippen LogP contribution in [0.5, 0.6) is 0 Å². The number of ether oxygens (including phenoxy) is 1. The molecule has 3 aliphatic rings. The Bertz CT molecular complexity index is 6110. The van der Waals surface area contributed by atoms with Crippen LogP contribution in [0.3, 0.4) is 0 Å². The first-order chi connectivity index (χ1) is 60.3. The molecular formula is C89H111FN22O8S5. The highest BCUT2D eigenvalue weighted by Gasteiger charge is 2.29. The van der Waals surface area contributed by atoms with Gasteiger partial charge in [0, 0.05) is 162 Å². The summed E-state index contributed by atoms with van der Waals surface area (Å²) in [6, 6.07) is 35.2. The van der Waals surface area contributed by atoms with Crippen molar-refractivity contribution in [3.8, 4) is 0 Å². The number of sulfone groups is 1. The molecule has 8 aromatic heterocycles. The number of rotatable bonds is 33. The number of nitrogens with one attached hydrogen (secondary N) is 8. The summed E-state index contributed by atoms with van der Waals surface area (Å²) in [5.74, 6) is 0.833. The number of likely N-dealkylation sites (N-methyl/N-ethyl adjacent to an activating group) is 1. The first kappa shape index (κ1) is 91.9. The smallest absolute Gasteiger partial charge is 0.276 e. The molecule has 3 saturated heterocycles. The molecule has 36 heteroatoms. The Kier molecular flexibility index (Phi) is 31.2. The minimum absolute atomic E-state index is 0.00928. The van der Waals surface area contributed by atoms with Crippen LogP contribution in [0.15, 0.2) is 174 Å². The molecule has 12 aromatic rings. The summed E-state index contributed by atoms with van der Waals surface area (Å²) >= 11 is 2.54. The summed E-state index contributed by atoms with van der Waals surface area (Å²) in [5.41, 5.74) is 12.2. The summed E-state index contributed by atoms with van der Waals surface area (Å²) in [5, 5.41) is 28.7. The number of hydrogen-bond donors (Lipinski definition) is 8. The van der Waals surface area contributed by atoms with Crippen molar-refractivity contribution in [3.05, 3.63) is 210 Å². The van der Waals surface area contributed by atoms with E-state index in [-0.39, 0.29) is 65.2 Å². The van der Waals surface area contributed by atoms with E-state index in [4.69, 9.17) is 19.7 Å². The van der Waals surface area contributed by atoms with Crippen molar-refractivity contribution in [2.24, 2.45) is 0 Å². The number of benzene rings is 4. The van der Waals surface area contributed by atoms with Gasteiger partial charge in [-0.2, -0.15) is 15.0 Å². The lowest BCUT2D eigenvalue weighted by atomic mass is 9.94. The number of anilines is 10. The van der Waals surface area contributed by atoms with Crippen LogP contribution in [0.25, 0.3) is 38.8 Å². The van der Waals surface area contributed by atoms with Crippen molar-refractivity contribution in [2.75, 3.05) is 136 Å². The fourth-order valence-electron chi connectivity index (χ4n) is 15.4. The summed E-state index contributed by atoms with van der Waals surface area (Å²) in [6.45, 7) is 23.2. The fourth-order valence-corrected chi connectivity index (χ4v) is 20.5. The second-order valence-electron chi connectivity index (χ2n) is 31.6. The summed E-state index contributed by atoms with van der Waals surface area (Å²) in [4.78, 5) is 84.8. The van der Waals surface area contributed by atoms with Crippen LogP contribution < -0.4 is 64.1 Å². The van der Waals surface area contributed by atoms with Crippen LogP contribution >= 0.6 is 22.7 Å². The van der Waals surface area contributed by atoms with Gasteiger partial charge in [-0.15, -0.1) is 22.7 Å². The van der Waals surface area contributed by atoms with Crippen LogP contribution in [0.4, 0.5) is 62.0 Å². The van der Waals surface area contributed by atoms with E-state index in [2.05, 4.69) is 99.8 Å². The number of halogens is 1. The van der Waals surface area contributed by atoms with E-state index in [9.17, 15) is 31.2 Å². The van der Waals surface area contributed by atoms with Gasteiger partial charge in [-0.25, -0.2) is 37.7 Å². The minimum Gasteiger partial charge on any atom is -0.384 e. The predicted molar refractivity (Wildman–Crippen MR) is 504 cm³/mol. The highest BCUT2D eigenvalue weighted by Crippen LogP contribution is 2.32. The molecule has 125 heavy (non-hydrogen) atoms. The number of pyridine rings is 3. The summed E-state index contributed by atoms with van der Waals surface area (Å²) in [7, 11) is 0.919. The maximum absolute atomic E-state index is 15.3. The molecule has 4 atom stereocenters. The number of methoxy groups -OCH3 is 1. The van der Waals surface area contributed by atoms with Crippen LogP contribution in [0.2, 0.25) is 0 Å². The number of nitrogens with zero attached hydrogens (tertiary/aromatic N) is 14. The molecule has 0 spiro atoms. The van der Waals surface area contributed by atoms with Gasteiger partial charge in [-0.1, -0.05) is 26.5 Å². The van der Waals surface area contributed by atoms with Crippen molar-refractivity contribution in [1.29, 1.82) is 0 Å². The van der Waals surface area contributed by atoms with E-state index in [1.807, 2.05) is 112 Å². The van der Waals surface area contributed by atoms with Crippen molar-refractivity contribution in [3.63, 3.8) is 0 Å². The zero-order chi connectivity index (χ0) is 88.6. The quantitative estimate of drug-likeness (QED) is 0.0189. The van der Waals surface area contributed by atoms with E-state index in [1.165, 1.54) is 63.0 Å². The molecule has 0 aliphatic carbocycles. The van der Waals surface area contributed by atoms with Gasteiger partial charge in [0.25, 0.3) is 16.7 Å². The molecule has 662 valence electrons. The third kappa shape index (κ3) is 22.5. The zero-order valence-electron chi connectivity index (χ0n) is 72.5. The molecule has 11 heterocycles. The number of likely N-dealkylation sites (tertiary alicyclic amines) is 1. The molecule has 8 N–H and O–H groups in total. The molecule has 0 radical (unpaired) electrons. The molecule has 15 rings (SSSR count). The lowest BCUT2D eigenvalue weighted by molar-refractivity contribution is 0.218. The van der Waals surface area contributed by atoms with Gasteiger partial charge in [-0.3, -0.25) is 36.5 Å². The van der Waals surface area contributed by atoms with Gasteiger partial charge >= 0.3 is 0 Å². The molecule has 0 bridgehead atoms. The number of thiazole rings is 2. The van der Waals surface area contributed by atoms with Crippen LogP contribution in [-0.2, 0) is 55.8 Å². The predicted octanol–water partition coefficient (Wildman–Crippen LogP) is 13.2.